The Labute approximate surface area is 94.4 Å². The summed E-state index contributed by atoms with van der Waals surface area (Å²) in [6, 6.07) is 1.55. The van der Waals surface area contributed by atoms with Crippen LogP contribution in [0, 0.1) is 0 Å². The van der Waals surface area contributed by atoms with E-state index in [0.717, 1.165) is 0 Å². The predicted octanol–water partition coefficient (Wildman–Crippen LogP) is 0.220. The molecule has 82 valence electrons. The van der Waals surface area contributed by atoms with Gasteiger partial charge in [0.1, 0.15) is 0 Å². The molecule has 0 saturated carbocycles. The van der Waals surface area contributed by atoms with Crippen LogP contribution in [-0.2, 0) is 0 Å². The lowest BCUT2D eigenvalue weighted by Gasteiger charge is -2.13. The molecule has 2 rings (SSSR count). The van der Waals surface area contributed by atoms with Crippen molar-refractivity contribution in [1.82, 2.24) is 4.90 Å². The largest absolute Gasteiger partial charge is 0.457 e. The summed E-state index contributed by atoms with van der Waals surface area (Å²) in [6.45, 7) is 0.301. The first-order valence-corrected chi connectivity index (χ1v) is 5.27. The van der Waals surface area contributed by atoms with Crippen LogP contribution in [0.5, 0.6) is 0 Å². The highest BCUT2D eigenvalue weighted by atomic mass is 79.9. The molecule has 0 radical (unpaired) electrons. The molecule has 0 bridgehead atoms. The number of carbonyl (C=O) groups excluding carboxylic acids is 1. The number of likely N-dealkylation sites (tertiary alicyclic amines) is 1. The number of amides is 1. The Morgan fingerprint density at radius 1 is 1.47 bits per heavy atom. The lowest BCUT2D eigenvalue weighted by Crippen LogP contribution is -2.29. The second-order valence-electron chi connectivity index (χ2n) is 3.45. The van der Waals surface area contributed by atoms with E-state index in [2.05, 4.69) is 15.9 Å². The number of nitrogens with zero attached hydrogens (tertiary/aromatic N) is 1. The van der Waals surface area contributed by atoms with Gasteiger partial charge in [-0.25, -0.2) is 0 Å². The molecule has 0 aromatic carbocycles. The molecule has 1 saturated heterocycles. The molecule has 6 heteroatoms. The first kappa shape index (κ1) is 10.7. The maximum Gasteiger partial charge on any atom is 0.258 e. The molecule has 0 spiro atoms. The number of carbonyl (C=O) groups is 1. The van der Waals surface area contributed by atoms with Gasteiger partial charge in [-0.15, -0.1) is 0 Å². The third-order valence-electron chi connectivity index (χ3n) is 2.39. The quantitative estimate of drug-likeness (QED) is 0.769. The number of hydrogen-bond donors (Lipinski definition) is 2. The highest BCUT2D eigenvalue weighted by molar-refractivity contribution is 9.10. The van der Waals surface area contributed by atoms with Crippen molar-refractivity contribution in [1.29, 1.82) is 0 Å². The van der Waals surface area contributed by atoms with E-state index >= 15 is 0 Å². The topological polar surface area (TPSA) is 73.9 Å². The maximum absolute atomic E-state index is 11.8. The molecule has 1 aliphatic heterocycles. The van der Waals surface area contributed by atoms with Crippen LogP contribution in [0.4, 0.5) is 0 Å². The number of hydrogen-bond acceptors (Lipinski definition) is 4. The van der Waals surface area contributed by atoms with E-state index in [-0.39, 0.29) is 19.0 Å². The maximum atomic E-state index is 11.8. The molecule has 1 aliphatic rings. The summed E-state index contributed by atoms with van der Waals surface area (Å²) >= 11 is 3.11. The van der Waals surface area contributed by atoms with Crippen molar-refractivity contribution in [3.8, 4) is 0 Å². The molecular formula is C9H10BrNO4. The van der Waals surface area contributed by atoms with E-state index in [1.54, 1.807) is 6.07 Å². The highest BCUT2D eigenvalue weighted by Gasteiger charge is 2.33. The second-order valence-corrected chi connectivity index (χ2v) is 4.17. The van der Waals surface area contributed by atoms with E-state index in [1.165, 1.54) is 11.2 Å². The van der Waals surface area contributed by atoms with E-state index in [9.17, 15) is 15.0 Å². The van der Waals surface area contributed by atoms with Gasteiger partial charge in [0.15, 0.2) is 4.67 Å². The molecule has 2 heterocycles. The van der Waals surface area contributed by atoms with Crippen LogP contribution >= 0.6 is 15.9 Å². The standard InChI is InChI=1S/C9H10BrNO4/c10-8-5(1-2-15-8)9(14)11-3-6(12)7(13)4-11/h1-2,6-7,12-13H,3-4H2. The van der Waals surface area contributed by atoms with Gasteiger partial charge in [-0.05, 0) is 22.0 Å². The second kappa shape index (κ2) is 3.96. The monoisotopic (exact) mass is 275 g/mol. The minimum Gasteiger partial charge on any atom is -0.457 e. The number of aliphatic hydroxyl groups is 2. The van der Waals surface area contributed by atoms with Gasteiger partial charge >= 0.3 is 0 Å². The molecule has 1 fully saturated rings. The molecule has 1 amide bonds. The van der Waals surface area contributed by atoms with E-state index in [0.29, 0.717) is 10.2 Å². The van der Waals surface area contributed by atoms with Gasteiger partial charge in [-0.3, -0.25) is 4.79 Å². The van der Waals surface area contributed by atoms with Gasteiger partial charge < -0.3 is 19.5 Å². The smallest absolute Gasteiger partial charge is 0.258 e. The molecule has 2 N–H and O–H groups in total. The summed E-state index contributed by atoms with van der Waals surface area (Å²) in [4.78, 5) is 13.2. The highest BCUT2D eigenvalue weighted by Crippen LogP contribution is 2.21. The fourth-order valence-corrected chi connectivity index (χ4v) is 1.96. The van der Waals surface area contributed by atoms with Crippen molar-refractivity contribution >= 4 is 21.8 Å². The Hall–Kier alpha value is -0.850. The first-order chi connectivity index (χ1) is 7.09. The van der Waals surface area contributed by atoms with Crippen LogP contribution in [0.25, 0.3) is 0 Å². The number of furan rings is 1. The first-order valence-electron chi connectivity index (χ1n) is 4.48. The zero-order valence-corrected chi connectivity index (χ0v) is 9.35. The van der Waals surface area contributed by atoms with Gasteiger partial charge in [0, 0.05) is 13.1 Å². The number of halogens is 1. The molecule has 1 aromatic rings. The predicted molar refractivity (Wildman–Crippen MR) is 54.3 cm³/mol. The summed E-state index contributed by atoms with van der Waals surface area (Å²) in [7, 11) is 0. The lowest BCUT2D eigenvalue weighted by molar-refractivity contribution is 0.0572. The van der Waals surface area contributed by atoms with Crippen LogP contribution in [0.3, 0.4) is 0 Å². The third-order valence-corrected chi connectivity index (χ3v) is 3.01. The zero-order chi connectivity index (χ0) is 11.0. The zero-order valence-electron chi connectivity index (χ0n) is 7.76. The van der Waals surface area contributed by atoms with Gasteiger partial charge in [-0.2, -0.15) is 0 Å². The number of rotatable bonds is 1. The van der Waals surface area contributed by atoms with Crippen LogP contribution in [0.15, 0.2) is 21.4 Å². The molecule has 0 aliphatic carbocycles. The van der Waals surface area contributed by atoms with Gasteiger partial charge in [0.2, 0.25) is 0 Å². The van der Waals surface area contributed by atoms with E-state index in [1.807, 2.05) is 0 Å². The Kier molecular flexibility index (Phi) is 2.81. The van der Waals surface area contributed by atoms with Crippen molar-refractivity contribution in [3.05, 3.63) is 22.6 Å². The minimum absolute atomic E-state index is 0.150. The molecule has 2 unspecified atom stereocenters. The van der Waals surface area contributed by atoms with Crippen LogP contribution in [0.2, 0.25) is 0 Å². The van der Waals surface area contributed by atoms with Gasteiger partial charge in [0.25, 0.3) is 5.91 Å². The van der Waals surface area contributed by atoms with Crippen molar-refractivity contribution in [2.45, 2.75) is 12.2 Å². The van der Waals surface area contributed by atoms with Crippen LogP contribution < -0.4 is 0 Å². The van der Waals surface area contributed by atoms with Crippen LogP contribution in [0.1, 0.15) is 10.4 Å². The van der Waals surface area contributed by atoms with E-state index in [4.69, 9.17) is 4.42 Å². The summed E-state index contributed by atoms with van der Waals surface area (Å²) in [5.41, 5.74) is 0.399. The van der Waals surface area contributed by atoms with Crippen molar-refractivity contribution in [2.24, 2.45) is 0 Å². The van der Waals surface area contributed by atoms with Crippen LogP contribution in [-0.4, -0.2) is 46.3 Å². The van der Waals surface area contributed by atoms with Gasteiger partial charge in [0.05, 0.1) is 24.0 Å². The van der Waals surface area contributed by atoms with Gasteiger partial charge in [-0.1, -0.05) is 0 Å². The summed E-state index contributed by atoms with van der Waals surface area (Å²) < 4.78 is 5.31. The fraction of sp³-hybridized carbons (Fsp3) is 0.444. The average Bonchev–Trinajstić information content (AvgIpc) is 2.74. The van der Waals surface area contributed by atoms with Crippen molar-refractivity contribution < 1.29 is 19.4 Å². The SMILES string of the molecule is O=C(c1ccoc1Br)N1CC(O)C(O)C1. The summed E-state index contributed by atoms with van der Waals surface area (Å²) in [5, 5.41) is 18.6. The Morgan fingerprint density at radius 2 is 2.07 bits per heavy atom. The minimum atomic E-state index is -0.861. The van der Waals surface area contributed by atoms with E-state index < -0.39 is 12.2 Å². The number of β-amino-alcohol motifs (C(OH)–C–C–N with tert-alkyl or cyclic N) is 2. The molecule has 1 aromatic heterocycles. The Morgan fingerprint density at radius 3 is 2.53 bits per heavy atom. The normalized spacial score (nSPS) is 25.9. The Bertz CT molecular complexity index is 368. The average molecular weight is 276 g/mol. The fourth-order valence-electron chi connectivity index (χ4n) is 1.55. The molecule has 15 heavy (non-hydrogen) atoms. The molecule has 5 nitrogen and oxygen atoms in total. The molecular weight excluding hydrogens is 266 g/mol. The summed E-state index contributed by atoms with van der Waals surface area (Å²) in [5.74, 6) is -0.258. The Balaban J connectivity index is 2.13. The number of aliphatic hydroxyl groups excluding tert-OH is 2. The summed E-state index contributed by atoms with van der Waals surface area (Å²) in [6.07, 6.45) is -0.320. The lowest BCUT2D eigenvalue weighted by atomic mass is 10.3. The van der Waals surface area contributed by atoms with Crippen molar-refractivity contribution in [3.63, 3.8) is 0 Å². The third kappa shape index (κ3) is 1.92. The molecule has 2 atom stereocenters. The van der Waals surface area contributed by atoms with Crippen molar-refractivity contribution in [2.75, 3.05) is 13.1 Å².